The first-order chi connectivity index (χ1) is 3.81. The summed E-state index contributed by atoms with van der Waals surface area (Å²) in [5.41, 5.74) is 5.04. The summed E-state index contributed by atoms with van der Waals surface area (Å²) >= 11 is 0. The molecule has 0 saturated heterocycles. The molecule has 1 unspecified atom stereocenters. The third kappa shape index (κ3) is 3.96. The highest BCUT2D eigenvalue weighted by molar-refractivity contribution is 4.38. The van der Waals surface area contributed by atoms with Gasteiger partial charge in [0.15, 0.2) is 0 Å². The lowest BCUT2D eigenvalue weighted by Crippen LogP contribution is -2.05. The predicted octanol–water partition coefficient (Wildman–Crippen LogP) is 0.601. The van der Waals surface area contributed by atoms with E-state index in [0.29, 0.717) is 0 Å². The van der Waals surface area contributed by atoms with Crippen molar-refractivity contribution in [3.63, 3.8) is 0 Å². The van der Waals surface area contributed by atoms with Crippen LogP contribution in [0.25, 0.3) is 0 Å². The highest BCUT2D eigenvalue weighted by atomic mass is 14.5. The Bertz CT molecular complexity index is 95.2. The van der Waals surface area contributed by atoms with Crippen molar-refractivity contribution in [2.45, 2.75) is 13.8 Å². The molecule has 0 aromatic heterocycles. The molecule has 0 rings (SSSR count). The molecular formula is C4H11N. The summed E-state index contributed by atoms with van der Waals surface area (Å²) in [6.45, 7) is -1.09. The van der Waals surface area contributed by atoms with Crippen LogP contribution in [0.4, 0.5) is 0 Å². The molecule has 0 heterocycles. The van der Waals surface area contributed by atoms with E-state index in [1.54, 1.807) is 0 Å². The fraction of sp³-hybridized carbons (Fsp3) is 1.00. The van der Waals surface area contributed by atoms with E-state index in [9.17, 15) is 0 Å². The third-order valence-corrected chi connectivity index (χ3v) is 0.306. The van der Waals surface area contributed by atoms with Crippen molar-refractivity contribution < 1.29 is 5.48 Å². The molecule has 0 amide bonds. The normalized spacial score (nSPS) is 35.6. The maximum Gasteiger partial charge on any atom is 0.0310 e. The average molecular weight is 77.2 g/mol. The molecule has 0 aromatic rings. The van der Waals surface area contributed by atoms with Crippen molar-refractivity contribution in [2.24, 2.45) is 11.6 Å². The fourth-order valence-electron chi connectivity index (χ4n) is 0. The number of hydrogen-bond acceptors (Lipinski definition) is 1. The number of rotatable bonds is 1. The van der Waals surface area contributed by atoms with Gasteiger partial charge in [0.25, 0.3) is 0 Å². The molecule has 0 bridgehead atoms. The van der Waals surface area contributed by atoms with Crippen LogP contribution in [0.2, 0.25) is 0 Å². The summed E-state index contributed by atoms with van der Waals surface area (Å²) in [5, 5.41) is 0. The zero-order valence-electron chi connectivity index (χ0n) is 7.28. The molecule has 0 aliphatic carbocycles. The first-order valence-corrected chi connectivity index (χ1v) is 1.51. The van der Waals surface area contributed by atoms with E-state index >= 15 is 0 Å². The molecular weight excluding hydrogens is 62.1 g/mol. The smallest absolute Gasteiger partial charge is 0.0310 e. The van der Waals surface area contributed by atoms with E-state index < -0.39 is 12.7 Å². The van der Waals surface area contributed by atoms with Gasteiger partial charge in [0.1, 0.15) is 0 Å². The standard InChI is InChI=1S/C4H11N/c1-4(2)3-5/h4H,3,5H2,1-2H3/i1D3,4D. The van der Waals surface area contributed by atoms with E-state index in [4.69, 9.17) is 11.2 Å². The molecule has 5 heavy (non-hydrogen) atoms. The molecule has 1 heteroatoms. The van der Waals surface area contributed by atoms with Crippen LogP contribution in [0, 0.1) is 5.89 Å². The van der Waals surface area contributed by atoms with Crippen molar-refractivity contribution in [1.29, 1.82) is 0 Å². The van der Waals surface area contributed by atoms with Crippen molar-refractivity contribution in [2.75, 3.05) is 6.54 Å². The largest absolute Gasteiger partial charge is 0.330 e. The minimum atomic E-state index is -2.26. The molecule has 0 aromatic carbocycles. The minimum absolute atomic E-state index is 0.135. The van der Waals surface area contributed by atoms with Gasteiger partial charge in [0.05, 0.1) is 0 Å². The highest BCUT2D eigenvalue weighted by Gasteiger charge is 1.80. The highest BCUT2D eigenvalue weighted by Crippen LogP contribution is 1.81. The van der Waals surface area contributed by atoms with Crippen LogP contribution < -0.4 is 5.73 Å². The van der Waals surface area contributed by atoms with E-state index in [1.165, 1.54) is 6.92 Å². The number of hydrogen-bond donors (Lipinski definition) is 1. The Kier molecular flexibility index (Phi) is 0.543. The minimum Gasteiger partial charge on any atom is -0.330 e. The van der Waals surface area contributed by atoms with Crippen molar-refractivity contribution in [1.82, 2.24) is 0 Å². The summed E-state index contributed by atoms with van der Waals surface area (Å²) in [6, 6.07) is 0. The van der Waals surface area contributed by atoms with E-state index in [1.807, 2.05) is 0 Å². The van der Waals surface area contributed by atoms with Gasteiger partial charge in [-0.3, -0.25) is 0 Å². The molecule has 0 spiro atoms. The van der Waals surface area contributed by atoms with Crippen molar-refractivity contribution in [3.05, 3.63) is 0 Å². The molecule has 1 atom stereocenters. The van der Waals surface area contributed by atoms with Gasteiger partial charge in [-0.05, 0) is 12.4 Å². The van der Waals surface area contributed by atoms with Gasteiger partial charge < -0.3 is 5.73 Å². The molecule has 0 saturated carbocycles. The molecule has 0 aliphatic rings. The maximum atomic E-state index is 7.14. The third-order valence-electron chi connectivity index (χ3n) is 0.306. The average Bonchev–Trinajstić information content (AvgIpc) is 1.64. The van der Waals surface area contributed by atoms with Crippen LogP contribution in [0.15, 0.2) is 0 Å². The van der Waals surface area contributed by atoms with E-state index in [0.717, 1.165) is 0 Å². The summed E-state index contributed by atoms with van der Waals surface area (Å²) in [6.07, 6.45) is 0. The number of nitrogens with two attached hydrogens (primary N) is 1. The monoisotopic (exact) mass is 77.1 g/mol. The summed E-state index contributed by atoms with van der Waals surface area (Å²) in [7, 11) is 0. The second-order valence-electron chi connectivity index (χ2n) is 0.984. The zero-order chi connectivity index (χ0) is 7.71. The Balaban J connectivity index is 4.14. The lowest BCUT2D eigenvalue weighted by Gasteiger charge is -1.91. The second-order valence-corrected chi connectivity index (χ2v) is 0.984. The Hall–Kier alpha value is -0.0400. The topological polar surface area (TPSA) is 26.0 Å². The van der Waals surface area contributed by atoms with Gasteiger partial charge in [-0.1, -0.05) is 13.8 Å². The molecule has 2 N–H and O–H groups in total. The molecule has 0 radical (unpaired) electrons. The van der Waals surface area contributed by atoms with Gasteiger partial charge in [0.2, 0.25) is 0 Å². The van der Waals surface area contributed by atoms with Gasteiger partial charge in [-0.2, -0.15) is 0 Å². The first-order valence-electron chi connectivity index (χ1n) is 3.51. The summed E-state index contributed by atoms with van der Waals surface area (Å²) in [4.78, 5) is 0. The lowest BCUT2D eigenvalue weighted by atomic mass is 10.2. The predicted molar refractivity (Wildman–Crippen MR) is 23.9 cm³/mol. The lowest BCUT2D eigenvalue weighted by molar-refractivity contribution is 0.664. The van der Waals surface area contributed by atoms with E-state index in [-0.39, 0.29) is 6.54 Å². The van der Waals surface area contributed by atoms with Crippen molar-refractivity contribution in [3.8, 4) is 0 Å². The molecule has 1 nitrogen and oxygen atoms in total. The van der Waals surface area contributed by atoms with Gasteiger partial charge >= 0.3 is 0 Å². The maximum absolute atomic E-state index is 7.14. The first kappa shape index (κ1) is 1.23. The Morgan fingerprint density at radius 1 is 2.40 bits per heavy atom. The van der Waals surface area contributed by atoms with Crippen LogP contribution in [0.3, 0.4) is 0 Å². The van der Waals surface area contributed by atoms with Crippen LogP contribution in [0.5, 0.6) is 0 Å². The van der Waals surface area contributed by atoms with Crippen molar-refractivity contribution >= 4 is 0 Å². The Morgan fingerprint density at radius 2 is 3.00 bits per heavy atom. The Morgan fingerprint density at radius 3 is 3.00 bits per heavy atom. The Labute approximate surface area is 38.8 Å². The van der Waals surface area contributed by atoms with Gasteiger partial charge in [0, 0.05) is 5.48 Å². The van der Waals surface area contributed by atoms with E-state index in [2.05, 4.69) is 0 Å². The quantitative estimate of drug-likeness (QED) is 0.487. The van der Waals surface area contributed by atoms with Crippen LogP contribution in [-0.4, -0.2) is 6.54 Å². The van der Waals surface area contributed by atoms with Crippen LogP contribution in [-0.2, 0) is 0 Å². The molecule has 0 fully saturated rings. The fourth-order valence-corrected chi connectivity index (χ4v) is 0. The summed E-state index contributed by atoms with van der Waals surface area (Å²) in [5.74, 6) is -1.49. The molecule has 0 aliphatic heterocycles. The van der Waals surface area contributed by atoms with Gasteiger partial charge in [-0.25, -0.2) is 0 Å². The SMILES string of the molecule is [2H]C([2H])([2H])C([2H])(C)CN. The molecule has 32 valence electrons. The van der Waals surface area contributed by atoms with Crippen LogP contribution in [0.1, 0.15) is 19.3 Å². The van der Waals surface area contributed by atoms with Gasteiger partial charge in [-0.15, -0.1) is 0 Å². The van der Waals surface area contributed by atoms with Crippen LogP contribution >= 0.6 is 0 Å². The second kappa shape index (κ2) is 2.21. The zero-order valence-corrected chi connectivity index (χ0v) is 3.28. The summed E-state index contributed by atoms with van der Waals surface area (Å²) < 4.78 is 27.5.